The quantitative estimate of drug-likeness (QED) is 0.488. The third-order valence-electron chi connectivity index (χ3n) is 6.27. The van der Waals surface area contributed by atoms with Crippen LogP contribution < -0.4 is 19.7 Å². The minimum Gasteiger partial charge on any atom is -0.497 e. The SMILES string of the molecule is COc1cccc([C@@H](C)NCc2cccc(OCCN3CCN(c4ccccc4)CC3)c2)c1. The fraction of sp³-hybridized carbons (Fsp3) is 0.357. The largest absolute Gasteiger partial charge is 0.497 e. The molecule has 0 spiro atoms. The third-order valence-corrected chi connectivity index (χ3v) is 6.27. The molecule has 1 fully saturated rings. The van der Waals surface area contributed by atoms with Crippen molar-refractivity contribution < 1.29 is 9.47 Å². The van der Waals surface area contributed by atoms with E-state index in [4.69, 9.17) is 9.47 Å². The van der Waals surface area contributed by atoms with Gasteiger partial charge in [-0.05, 0) is 54.4 Å². The van der Waals surface area contributed by atoms with Crippen LogP contribution in [-0.4, -0.2) is 51.3 Å². The van der Waals surface area contributed by atoms with Crippen molar-refractivity contribution in [1.29, 1.82) is 0 Å². The smallest absolute Gasteiger partial charge is 0.119 e. The number of hydrogen-bond donors (Lipinski definition) is 1. The van der Waals surface area contributed by atoms with E-state index < -0.39 is 0 Å². The number of piperazine rings is 1. The van der Waals surface area contributed by atoms with E-state index in [-0.39, 0.29) is 6.04 Å². The lowest BCUT2D eigenvalue weighted by Gasteiger charge is -2.36. The van der Waals surface area contributed by atoms with Gasteiger partial charge in [-0.25, -0.2) is 0 Å². The van der Waals surface area contributed by atoms with E-state index in [1.807, 2.05) is 18.2 Å². The molecule has 4 rings (SSSR count). The van der Waals surface area contributed by atoms with Crippen LogP contribution in [0.25, 0.3) is 0 Å². The topological polar surface area (TPSA) is 37.0 Å². The number of nitrogens with one attached hydrogen (secondary N) is 1. The van der Waals surface area contributed by atoms with Gasteiger partial charge < -0.3 is 19.7 Å². The molecule has 1 saturated heterocycles. The van der Waals surface area contributed by atoms with E-state index in [9.17, 15) is 0 Å². The zero-order chi connectivity index (χ0) is 22.9. The summed E-state index contributed by atoms with van der Waals surface area (Å²) in [5, 5.41) is 3.60. The van der Waals surface area contributed by atoms with Crippen molar-refractivity contribution in [2.45, 2.75) is 19.5 Å². The molecule has 33 heavy (non-hydrogen) atoms. The maximum absolute atomic E-state index is 6.08. The van der Waals surface area contributed by atoms with Crippen LogP contribution >= 0.6 is 0 Å². The minimum absolute atomic E-state index is 0.235. The van der Waals surface area contributed by atoms with Gasteiger partial charge in [-0.2, -0.15) is 0 Å². The van der Waals surface area contributed by atoms with Crippen LogP contribution in [0.3, 0.4) is 0 Å². The molecule has 1 aliphatic heterocycles. The van der Waals surface area contributed by atoms with Crippen LogP contribution in [-0.2, 0) is 6.54 Å². The molecule has 5 nitrogen and oxygen atoms in total. The predicted octanol–water partition coefficient (Wildman–Crippen LogP) is 4.75. The highest BCUT2D eigenvalue weighted by Crippen LogP contribution is 2.20. The van der Waals surface area contributed by atoms with E-state index in [2.05, 4.69) is 82.7 Å². The van der Waals surface area contributed by atoms with Crippen molar-refractivity contribution >= 4 is 5.69 Å². The first-order chi connectivity index (χ1) is 16.2. The van der Waals surface area contributed by atoms with Gasteiger partial charge in [0.15, 0.2) is 0 Å². The Hall–Kier alpha value is -3.02. The molecule has 0 radical (unpaired) electrons. The Bertz CT molecular complexity index is 987. The second kappa shape index (κ2) is 11.7. The van der Waals surface area contributed by atoms with E-state index in [0.29, 0.717) is 6.61 Å². The Kier molecular flexibility index (Phi) is 8.23. The predicted molar refractivity (Wildman–Crippen MR) is 135 cm³/mol. The first-order valence-electron chi connectivity index (χ1n) is 11.8. The number of ether oxygens (including phenoxy) is 2. The van der Waals surface area contributed by atoms with Crippen LogP contribution in [0.5, 0.6) is 11.5 Å². The van der Waals surface area contributed by atoms with E-state index >= 15 is 0 Å². The fourth-order valence-electron chi connectivity index (χ4n) is 4.21. The lowest BCUT2D eigenvalue weighted by molar-refractivity contribution is 0.200. The Balaban J connectivity index is 1.19. The number of anilines is 1. The summed E-state index contributed by atoms with van der Waals surface area (Å²) in [5.74, 6) is 1.82. The van der Waals surface area contributed by atoms with Crippen LogP contribution in [0.15, 0.2) is 78.9 Å². The molecule has 0 aromatic heterocycles. The zero-order valence-corrected chi connectivity index (χ0v) is 19.7. The molecule has 0 bridgehead atoms. The first kappa shape index (κ1) is 23.1. The molecule has 3 aromatic rings. The second-order valence-corrected chi connectivity index (χ2v) is 8.54. The van der Waals surface area contributed by atoms with E-state index in [1.54, 1.807) is 7.11 Å². The van der Waals surface area contributed by atoms with Gasteiger partial charge in [-0.1, -0.05) is 42.5 Å². The van der Waals surface area contributed by atoms with Gasteiger partial charge in [0.25, 0.3) is 0 Å². The van der Waals surface area contributed by atoms with Crippen molar-refractivity contribution in [2.24, 2.45) is 0 Å². The molecule has 0 aliphatic carbocycles. The highest BCUT2D eigenvalue weighted by Gasteiger charge is 2.16. The molecule has 0 amide bonds. The van der Waals surface area contributed by atoms with Gasteiger partial charge in [0.2, 0.25) is 0 Å². The highest BCUT2D eigenvalue weighted by molar-refractivity contribution is 5.46. The minimum atomic E-state index is 0.235. The molecule has 1 aliphatic rings. The lowest BCUT2D eigenvalue weighted by Crippen LogP contribution is -2.47. The lowest BCUT2D eigenvalue weighted by atomic mass is 10.1. The fourth-order valence-corrected chi connectivity index (χ4v) is 4.21. The molecule has 0 unspecified atom stereocenters. The highest BCUT2D eigenvalue weighted by atomic mass is 16.5. The Morgan fingerprint density at radius 1 is 0.848 bits per heavy atom. The molecule has 1 atom stereocenters. The molecule has 174 valence electrons. The molecule has 5 heteroatoms. The number of rotatable bonds is 10. The summed E-state index contributed by atoms with van der Waals surface area (Å²) in [7, 11) is 1.70. The van der Waals surface area contributed by atoms with Gasteiger partial charge in [0, 0.05) is 51.0 Å². The zero-order valence-electron chi connectivity index (χ0n) is 19.7. The maximum atomic E-state index is 6.08. The van der Waals surface area contributed by atoms with E-state index in [1.165, 1.54) is 16.8 Å². The monoisotopic (exact) mass is 445 g/mol. The van der Waals surface area contributed by atoms with Crippen molar-refractivity contribution in [2.75, 3.05) is 51.3 Å². The normalized spacial score (nSPS) is 15.3. The Morgan fingerprint density at radius 3 is 2.39 bits per heavy atom. The average Bonchev–Trinajstić information content (AvgIpc) is 2.88. The molecule has 0 saturated carbocycles. The molecular weight excluding hydrogens is 410 g/mol. The van der Waals surface area contributed by atoms with E-state index in [0.717, 1.165) is 50.8 Å². The summed E-state index contributed by atoms with van der Waals surface area (Å²) in [6, 6.07) is 27.5. The summed E-state index contributed by atoms with van der Waals surface area (Å²) in [4.78, 5) is 4.95. The summed E-state index contributed by atoms with van der Waals surface area (Å²) < 4.78 is 11.4. The second-order valence-electron chi connectivity index (χ2n) is 8.54. The summed E-state index contributed by atoms with van der Waals surface area (Å²) >= 11 is 0. The standard InChI is InChI=1S/C28H35N3O2/c1-23(25-9-7-12-27(21-25)32-2)29-22-24-8-6-13-28(20-24)33-19-18-30-14-16-31(17-15-30)26-10-4-3-5-11-26/h3-13,20-21,23,29H,14-19,22H2,1-2H3/t23-/m1/s1. The third kappa shape index (κ3) is 6.73. The van der Waals surface area contributed by atoms with Crippen molar-refractivity contribution in [3.05, 3.63) is 90.0 Å². The van der Waals surface area contributed by atoms with Crippen molar-refractivity contribution in [3.8, 4) is 11.5 Å². The van der Waals surface area contributed by atoms with Gasteiger partial charge >= 0.3 is 0 Å². The van der Waals surface area contributed by atoms with Crippen LogP contribution in [0.2, 0.25) is 0 Å². The first-order valence-corrected chi connectivity index (χ1v) is 11.8. The summed E-state index contributed by atoms with van der Waals surface area (Å²) in [5.41, 5.74) is 3.76. The maximum Gasteiger partial charge on any atom is 0.119 e. The number of nitrogens with zero attached hydrogens (tertiary/aromatic N) is 2. The Morgan fingerprint density at radius 2 is 1.61 bits per heavy atom. The Labute approximate surface area is 197 Å². The van der Waals surface area contributed by atoms with Crippen LogP contribution in [0.1, 0.15) is 24.1 Å². The molecular formula is C28H35N3O2. The number of hydrogen-bond acceptors (Lipinski definition) is 5. The van der Waals surface area contributed by atoms with Crippen LogP contribution in [0, 0.1) is 0 Å². The average molecular weight is 446 g/mol. The molecule has 1 N–H and O–H groups in total. The number of para-hydroxylation sites is 1. The summed E-state index contributed by atoms with van der Waals surface area (Å²) in [6.07, 6.45) is 0. The molecule has 3 aromatic carbocycles. The van der Waals surface area contributed by atoms with Gasteiger partial charge in [-0.15, -0.1) is 0 Å². The summed E-state index contributed by atoms with van der Waals surface area (Å²) in [6.45, 7) is 8.91. The molecule has 1 heterocycles. The van der Waals surface area contributed by atoms with Gasteiger partial charge in [0.05, 0.1) is 7.11 Å². The van der Waals surface area contributed by atoms with Crippen molar-refractivity contribution in [3.63, 3.8) is 0 Å². The number of methoxy groups -OCH3 is 1. The van der Waals surface area contributed by atoms with Crippen LogP contribution in [0.4, 0.5) is 5.69 Å². The van der Waals surface area contributed by atoms with Crippen molar-refractivity contribution in [1.82, 2.24) is 10.2 Å². The number of benzene rings is 3. The van der Waals surface area contributed by atoms with Gasteiger partial charge in [0.1, 0.15) is 18.1 Å². The van der Waals surface area contributed by atoms with Gasteiger partial charge in [-0.3, -0.25) is 4.90 Å².